The normalized spacial score (nSPS) is 27.4. The van der Waals surface area contributed by atoms with Crippen molar-refractivity contribution < 1.29 is 9.22 Å². The molecule has 38 heavy (non-hydrogen) atoms. The summed E-state index contributed by atoms with van der Waals surface area (Å²) in [5.41, 5.74) is 1.67. The molecule has 214 valence electrons. The molecule has 2 amide bonds. The summed E-state index contributed by atoms with van der Waals surface area (Å²) in [6.07, 6.45) is 17.8. The summed E-state index contributed by atoms with van der Waals surface area (Å²) in [6, 6.07) is 4.23. The number of rotatable bonds is 13. The predicted molar refractivity (Wildman–Crippen MR) is 160 cm³/mol. The Bertz CT molecular complexity index is 862. The smallest absolute Gasteiger partial charge is 0.317 e. The first-order valence-electron chi connectivity index (χ1n) is 15.6. The Morgan fingerprint density at radius 3 is 2.24 bits per heavy atom. The quantitative estimate of drug-likeness (QED) is 0.202. The Morgan fingerprint density at radius 2 is 1.68 bits per heavy atom. The molecule has 4 saturated carbocycles. The maximum atomic E-state index is 13.5. The number of carbonyl (C=O) groups is 1. The molecule has 1 aromatic rings. The van der Waals surface area contributed by atoms with Crippen molar-refractivity contribution >= 4 is 14.3 Å². The maximum Gasteiger partial charge on any atom is 0.317 e. The lowest BCUT2D eigenvalue weighted by atomic mass is 9.49. The van der Waals surface area contributed by atoms with Crippen molar-refractivity contribution in [1.82, 2.24) is 15.2 Å². The van der Waals surface area contributed by atoms with Crippen LogP contribution in [0, 0.1) is 23.2 Å². The van der Waals surface area contributed by atoms with E-state index in [2.05, 4.69) is 68.1 Å². The second kappa shape index (κ2) is 12.4. The van der Waals surface area contributed by atoms with Crippen molar-refractivity contribution in [1.29, 1.82) is 0 Å². The van der Waals surface area contributed by atoms with Gasteiger partial charge >= 0.3 is 6.03 Å². The highest BCUT2D eigenvalue weighted by molar-refractivity contribution is 6.74. The first-order valence-corrected chi connectivity index (χ1v) is 18.5. The van der Waals surface area contributed by atoms with Crippen LogP contribution in [0.25, 0.3) is 0 Å². The van der Waals surface area contributed by atoms with Gasteiger partial charge in [-0.2, -0.15) is 0 Å². The topological polar surface area (TPSA) is 54.5 Å². The number of pyridine rings is 1. The first kappa shape index (κ1) is 29.6. The van der Waals surface area contributed by atoms with Gasteiger partial charge in [-0.3, -0.25) is 4.98 Å². The van der Waals surface area contributed by atoms with E-state index in [-0.39, 0.29) is 17.2 Å². The van der Waals surface area contributed by atoms with Crippen LogP contribution < -0.4 is 5.32 Å². The minimum Gasteiger partial charge on any atom is -0.410 e. The molecule has 0 saturated heterocycles. The summed E-state index contributed by atoms with van der Waals surface area (Å²) < 4.78 is 6.84. The predicted octanol–water partition coefficient (Wildman–Crippen LogP) is 8.34. The molecule has 4 aliphatic rings. The van der Waals surface area contributed by atoms with Crippen LogP contribution in [-0.2, 0) is 4.43 Å². The molecule has 1 heterocycles. The molecule has 5 rings (SSSR count). The number of unbranched alkanes of at least 4 members (excludes halogenated alkanes) is 2. The van der Waals surface area contributed by atoms with Gasteiger partial charge in [-0.05, 0) is 117 Å². The minimum absolute atomic E-state index is 0.0280. The van der Waals surface area contributed by atoms with E-state index in [9.17, 15) is 4.79 Å². The van der Waals surface area contributed by atoms with E-state index in [4.69, 9.17) is 4.43 Å². The summed E-state index contributed by atoms with van der Waals surface area (Å²) >= 11 is 0. The van der Waals surface area contributed by atoms with E-state index in [1.807, 2.05) is 12.4 Å². The lowest BCUT2D eigenvalue weighted by Gasteiger charge is -2.57. The van der Waals surface area contributed by atoms with Crippen LogP contribution in [0.3, 0.4) is 0 Å². The number of nitrogens with zero attached hydrogens (tertiary/aromatic N) is 2. The third-order valence-corrected chi connectivity index (χ3v) is 14.9. The van der Waals surface area contributed by atoms with Crippen molar-refractivity contribution in [2.75, 3.05) is 19.6 Å². The number of nitrogens with one attached hydrogen (secondary N) is 1. The summed E-state index contributed by atoms with van der Waals surface area (Å²) in [7, 11) is -1.96. The zero-order chi connectivity index (χ0) is 27.4. The third-order valence-electron chi connectivity index (χ3n) is 10.4. The Hall–Kier alpha value is -1.40. The highest BCUT2D eigenvalue weighted by Crippen LogP contribution is 2.61. The van der Waals surface area contributed by atoms with Gasteiger partial charge < -0.3 is 14.6 Å². The molecule has 6 heteroatoms. The summed E-state index contributed by atoms with van der Waals surface area (Å²) in [5.74, 6) is 2.90. The van der Waals surface area contributed by atoms with Crippen molar-refractivity contribution in [3.8, 4) is 0 Å². The van der Waals surface area contributed by atoms with Crippen LogP contribution in [0.4, 0.5) is 4.79 Å². The number of carbonyl (C=O) groups excluding carboxylic acids is 1. The van der Waals surface area contributed by atoms with Crippen LogP contribution in [0.2, 0.25) is 18.1 Å². The SMILES string of the molecule is CCCCCN(CCC12CC3CC(CC(C3)C1)C2)C(=O)NCCC(O[Si](C)(C)C(C)(C)C)c1ccncc1. The van der Waals surface area contributed by atoms with Gasteiger partial charge in [0.2, 0.25) is 0 Å². The van der Waals surface area contributed by atoms with Gasteiger partial charge in [0.25, 0.3) is 0 Å². The first-order chi connectivity index (χ1) is 18.0. The van der Waals surface area contributed by atoms with Gasteiger partial charge in [-0.15, -0.1) is 0 Å². The van der Waals surface area contributed by atoms with Crippen molar-refractivity contribution in [3.63, 3.8) is 0 Å². The molecule has 1 atom stereocenters. The number of aromatic nitrogens is 1. The molecular weight excluding hydrogens is 486 g/mol. The molecule has 1 N–H and O–H groups in total. The number of hydrogen-bond acceptors (Lipinski definition) is 3. The molecule has 0 spiro atoms. The summed E-state index contributed by atoms with van der Waals surface area (Å²) in [4.78, 5) is 19.8. The van der Waals surface area contributed by atoms with Gasteiger partial charge in [-0.1, -0.05) is 40.5 Å². The number of urea groups is 1. The van der Waals surface area contributed by atoms with Gasteiger partial charge in [0.05, 0.1) is 6.10 Å². The second-order valence-corrected chi connectivity index (χ2v) is 19.3. The van der Waals surface area contributed by atoms with Crippen molar-refractivity contribution in [2.24, 2.45) is 23.2 Å². The van der Waals surface area contributed by atoms with E-state index in [0.717, 1.165) is 49.2 Å². The molecule has 0 aliphatic heterocycles. The Kier molecular flexibility index (Phi) is 9.66. The molecule has 0 radical (unpaired) electrons. The Balaban J connectivity index is 1.35. The van der Waals surface area contributed by atoms with Crippen LogP contribution >= 0.6 is 0 Å². The molecule has 4 fully saturated rings. The van der Waals surface area contributed by atoms with Crippen molar-refractivity contribution in [2.45, 2.75) is 123 Å². The van der Waals surface area contributed by atoms with Gasteiger partial charge in [-0.25, -0.2) is 4.79 Å². The fourth-order valence-corrected chi connectivity index (χ4v) is 8.98. The summed E-state index contributed by atoms with van der Waals surface area (Å²) in [5, 5.41) is 3.43. The number of hydrogen-bond donors (Lipinski definition) is 1. The molecule has 1 unspecified atom stereocenters. The maximum absolute atomic E-state index is 13.5. The van der Waals surface area contributed by atoms with E-state index in [0.29, 0.717) is 12.0 Å². The van der Waals surface area contributed by atoms with E-state index >= 15 is 0 Å². The monoisotopic (exact) mass is 541 g/mol. The van der Waals surface area contributed by atoms with Crippen LogP contribution in [0.15, 0.2) is 24.5 Å². The highest BCUT2D eigenvalue weighted by atomic mass is 28.4. The molecular formula is C32H55N3O2Si. The second-order valence-electron chi connectivity index (χ2n) is 14.5. The molecule has 1 aromatic heterocycles. The van der Waals surface area contributed by atoms with E-state index in [1.165, 1.54) is 57.8 Å². The lowest BCUT2D eigenvalue weighted by Crippen LogP contribution is -2.49. The van der Waals surface area contributed by atoms with Gasteiger partial charge in [0.1, 0.15) is 0 Å². The van der Waals surface area contributed by atoms with Gasteiger partial charge in [0, 0.05) is 32.0 Å². The van der Waals surface area contributed by atoms with E-state index in [1.54, 1.807) is 0 Å². The largest absolute Gasteiger partial charge is 0.410 e. The number of amides is 2. The lowest BCUT2D eigenvalue weighted by molar-refractivity contribution is -0.0596. The van der Waals surface area contributed by atoms with Crippen LogP contribution in [0.5, 0.6) is 0 Å². The fourth-order valence-electron chi connectivity index (χ4n) is 7.66. The van der Waals surface area contributed by atoms with Gasteiger partial charge in [0.15, 0.2) is 8.32 Å². The zero-order valence-corrected chi connectivity index (χ0v) is 26.2. The van der Waals surface area contributed by atoms with Crippen LogP contribution in [-0.4, -0.2) is 43.9 Å². The molecule has 5 nitrogen and oxygen atoms in total. The Morgan fingerprint density at radius 1 is 1.08 bits per heavy atom. The third kappa shape index (κ3) is 7.41. The van der Waals surface area contributed by atoms with Crippen molar-refractivity contribution in [3.05, 3.63) is 30.1 Å². The Labute approximate surface area is 234 Å². The minimum atomic E-state index is -1.96. The molecule has 0 aromatic carbocycles. The average Bonchev–Trinajstić information content (AvgIpc) is 2.84. The van der Waals surface area contributed by atoms with Crippen LogP contribution in [0.1, 0.15) is 110 Å². The standard InChI is InChI=1S/C32H55N3O2Si/c1-7-8-9-17-35(18-13-32-22-25-19-26(23-32)21-27(20-25)24-32)30(36)34-16-12-29(28-10-14-33-15-11-28)37-38(5,6)31(2,3)4/h10-11,14-15,25-27,29H,7-9,12-13,16-24H2,1-6H3,(H,34,36). The van der Waals surface area contributed by atoms with E-state index < -0.39 is 8.32 Å². The average molecular weight is 542 g/mol. The molecule has 4 aliphatic carbocycles. The summed E-state index contributed by atoms with van der Waals surface area (Å²) in [6.45, 7) is 16.1. The zero-order valence-electron chi connectivity index (χ0n) is 25.2. The molecule has 4 bridgehead atoms. The highest BCUT2D eigenvalue weighted by Gasteiger charge is 2.50. The fraction of sp³-hybridized carbons (Fsp3) is 0.812.